The van der Waals surface area contributed by atoms with Crippen molar-refractivity contribution < 1.29 is 9.90 Å². The molecule has 134 valence electrons. The standard InChI is InChI=1S/C23H20N2O2/c26-13-12-17-8-4-5-9-21(17)24-15-20-19-11-10-18(14-22(19)25-23(20)27)16-6-2-1-3-7-16/h1-11,14-15,24,26H,12-13H2,(H,25,27). The van der Waals surface area contributed by atoms with Crippen LogP contribution in [0, 0.1) is 0 Å². The van der Waals surface area contributed by atoms with Gasteiger partial charge in [0.25, 0.3) is 5.91 Å². The van der Waals surface area contributed by atoms with Crippen molar-refractivity contribution >= 4 is 22.9 Å². The second-order valence-corrected chi connectivity index (χ2v) is 6.41. The Kier molecular flexibility index (Phi) is 4.73. The van der Waals surface area contributed by atoms with Crippen molar-refractivity contribution in [2.24, 2.45) is 0 Å². The van der Waals surface area contributed by atoms with Gasteiger partial charge in [-0.2, -0.15) is 0 Å². The van der Waals surface area contributed by atoms with Crippen molar-refractivity contribution in [2.45, 2.75) is 6.42 Å². The SMILES string of the molecule is O=C1Nc2cc(-c3ccccc3)ccc2C1=CNc1ccccc1CCO. The summed E-state index contributed by atoms with van der Waals surface area (Å²) in [6, 6.07) is 23.9. The van der Waals surface area contributed by atoms with Crippen LogP contribution in [0.5, 0.6) is 0 Å². The molecular weight excluding hydrogens is 336 g/mol. The number of fused-ring (bicyclic) bond motifs is 1. The lowest BCUT2D eigenvalue weighted by Crippen LogP contribution is -2.06. The summed E-state index contributed by atoms with van der Waals surface area (Å²) in [6.07, 6.45) is 2.30. The van der Waals surface area contributed by atoms with Gasteiger partial charge in [-0.15, -0.1) is 0 Å². The van der Waals surface area contributed by atoms with Crippen molar-refractivity contribution in [3.05, 3.63) is 90.1 Å². The van der Waals surface area contributed by atoms with E-state index in [0.29, 0.717) is 12.0 Å². The molecule has 0 aliphatic carbocycles. The van der Waals surface area contributed by atoms with Gasteiger partial charge in [-0.25, -0.2) is 0 Å². The van der Waals surface area contributed by atoms with Gasteiger partial charge in [0.1, 0.15) is 0 Å². The van der Waals surface area contributed by atoms with Gasteiger partial charge in [-0.3, -0.25) is 4.79 Å². The molecular formula is C23H20N2O2. The largest absolute Gasteiger partial charge is 0.396 e. The fourth-order valence-electron chi connectivity index (χ4n) is 3.30. The zero-order valence-electron chi connectivity index (χ0n) is 14.8. The van der Waals surface area contributed by atoms with Crippen LogP contribution in [0.3, 0.4) is 0 Å². The Morgan fingerprint density at radius 3 is 2.52 bits per heavy atom. The van der Waals surface area contributed by atoms with E-state index in [1.807, 2.05) is 60.7 Å². The molecule has 3 N–H and O–H groups in total. The fraction of sp³-hybridized carbons (Fsp3) is 0.0870. The van der Waals surface area contributed by atoms with Crippen molar-refractivity contribution in [3.8, 4) is 11.1 Å². The summed E-state index contributed by atoms with van der Waals surface area (Å²) < 4.78 is 0. The van der Waals surface area contributed by atoms with Crippen LogP contribution in [0.15, 0.2) is 79.0 Å². The Bertz CT molecular complexity index is 1010. The van der Waals surface area contributed by atoms with Gasteiger partial charge in [-0.1, -0.05) is 60.7 Å². The number of anilines is 2. The summed E-state index contributed by atoms with van der Waals surface area (Å²) in [5.41, 5.74) is 6.38. The molecule has 0 aromatic heterocycles. The van der Waals surface area contributed by atoms with Gasteiger partial charge in [-0.05, 0) is 35.2 Å². The minimum atomic E-state index is -0.123. The number of carbonyl (C=O) groups excluding carboxylic acids is 1. The third kappa shape index (κ3) is 3.48. The van der Waals surface area contributed by atoms with Crippen molar-refractivity contribution in [2.75, 3.05) is 17.2 Å². The molecule has 0 unspecified atom stereocenters. The molecule has 3 aromatic carbocycles. The number of nitrogens with one attached hydrogen (secondary N) is 2. The quantitative estimate of drug-likeness (QED) is 0.598. The number of benzene rings is 3. The molecule has 4 rings (SSSR count). The molecule has 0 saturated heterocycles. The molecule has 1 aliphatic rings. The van der Waals surface area contributed by atoms with E-state index in [0.717, 1.165) is 33.6 Å². The molecule has 0 fully saturated rings. The van der Waals surface area contributed by atoms with E-state index in [1.54, 1.807) is 6.20 Å². The lowest BCUT2D eigenvalue weighted by Gasteiger charge is -2.09. The highest BCUT2D eigenvalue weighted by Gasteiger charge is 2.24. The van der Waals surface area contributed by atoms with Gasteiger partial charge in [0.15, 0.2) is 0 Å². The zero-order chi connectivity index (χ0) is 18.6. The third-order valence-corrected chi connectivity index (χ3v) is 4.68. The monoisotopic (exact) mass is 356 g/mol. The van der Waals surface area contributed by atoms with E-state index in [2.05, 4.69) is 22.8 Å². The van der Waals surface area contributed by atoms with Crippen LogP contribution >= 0.6 is 0 Å². The molecule has 1 heterocycles. The molecule has 1 aliphatic heterocycles. The number of carbonyl (C=O) groups is 1. The number of para-hydroxylation sites is 1. The smallest absolute Gasteiger partial charge is 0.257 e. The first-order valence-electron chi connectivity index (χ1n) is 8.93. The predicted octanol–water partition coefficient (Wildman–Crippen LogP) is 4.29. The predicted molar refractivity (Wildman–Crippen MR) is 109 cm³/mol. The summed E-state index contributed by atoms with van der Waals surface area (Å²) in [6.45, 7) is 0.0842. The highest BCUT2D eigenvalue weighted by atomic mass is 16.3. The minimum absolute atomic E-state index is 0.0842. The van der Waals surface area contributed by atoms with E-state index in [-0.39, 0.29) is 12.5 Å². The van der Waals surface area contributed by atoms with E-state index < -0.39 is 0 Å². The van der Waals surface area contributed by atoms with Gasteiger partial charge in [0, 0.05) is 29.7 Å². The Morgan fingerprint density at radius 1 is 0.926 bits per heavy atom. The molecule has 0 radical (unpaired) electrons. The first kappa shape index (κ1) is 17.1. The van der Waals surface area contributed by atoms with E-state index >= 15 is 0 Å². The normalized spacial score (nSPS) is 14.1. The maximum absolute atomic E-state index is 12.5. The molecule has 0 atom stereocenters. The molecule has 4 nitrogen and oxygen atoms in total. The molecule has 3 aromatic rings. The second kappa shape index (κ2) is 7.48. The average Bonchev–Trinajstić information content (AvgIpc) is 3.02. The molecule has 27 heavy (non-hydrogen) atoms. The van der Waals surface area contributed by atoms with Crippen LogP contribution in [-0.2, 0) is 11.2 Å². The summed E-state index contributed by atoms with van der Waals surface area (Å²) in [7, 11) is 0. The average molecular weight is 356 g/mol. The van der Waals surface area contributed by atoms with E-state index in [1.165, 1.54) is 0 Å². The summed E-state index contributed by atoms with van der Waals surface area (Å²) in [5, 5.41) is 15.4. The van der Waals surface area contributed by atoms with E-state index in [4.69, 9.17) is 0 Å². The van der Waals surface area contributed by atoms with Crippen LogP contribution in [0.2, 0.25) is 0 Å². The van der Waals surface area contributed by atoms with Gasteiger partial charge in [0.2, 0.25) is 0 Å². The minimum Gasteiger partial charge on any atom is -0.396 e. The molecule has 0 saturated carbocycles. The topological polar surface area (TPSA) is 61.4 Å². The maximum Gasteiger partial charge on any atom is 0.257 e. The van der Waals surface area contributed by atoms with Crippen molar-refractivity contribution in [1.82, 2.24) is 0 Å². The number of hydrogen-bond acceptors (Lipinski definition) is 3. The van der Waals surface area contributed by atoms with E-state index in [9.17, 15) is 9.90 Å². The third-order valence-electron chi connectivity index (χ3n) is 4.68. The zero-order valence-corrected chi connectivity index (χ0v) is 14.8. The Labute approximate surface area is 158 Å². The van der Waals surface area contributed by atoms with Gasteiger partial charge in [0.05, 0.1) is 5.57 Å². The number of aliphatic hydroxyl groups is 1. The van der Waals surface area contributed by atoms with Crippen LogP contribution in [0.25, 0.3) is 16.7 Å². The summed E-state index contributed by atoms with van der Waals surface area (Å²) in [4.78, 5) is 12.5. The molecule has 1 amide bonds. The number of hydrogen-bond donors (Lipinski definition) is 3. The highest BCUT2D eigenvalue weighted by molar-refractivity contribution is 6.31. The van der Waals surface area contributed by atoms with Gasteiger partial charge >= 0.3 is 0 Å². The lowest BCUT2D eigenvalue weighted by atomic mass is 10.0. The van der Waals surface area contributed by atoms with Crippen LogP contribution in [0.4, 0.5) is 11.4 Å². The number of aliphatic hydroxyl groups excluding tert-OH is 1. The molecule has 4 heteroatoms. The van der Waals surface area contributed by atoms with Crippen LogP contribution in [0.1, 0.15) is 11.1 Å². The number of rotatable bonds is 5. The fourth-order valence-corrected chi connectivity index (χ4v) is 3.30. The molecule has 0 bridgehead atoms. The summed E-state index contributed by atoms with van der Waals surface area (Å²) >= 11 is 0. The number of amides is 1. The highest BCUT2D eigenvalue weighted by Crippen LogP contribution is 2.35. The van der Waals surface area contributed by atoms with Gasteiger partial charge < -0.3 is 15.7 Å². The van der Waals surface area contributed by atoms with Crippen LogP contribution in [-0.4, -0.2) is 17.6 Å². The Morgan fingerprint density at radius 2 is 1.70 bits per heavy atom. The first-order valence-corrected chi connectivity index (χ1v) is 8.93. The molecule has 0 spiro atoms. The first-order chi connectivity index (χ1) is 13.3. The Hall–Kier alpha value is -3.37. The lowest BCUT2D eigenvalue weighted by molar-refractivity contribution is -0.110. The maximum atomic E-state index is 12.5. The van der Waals surface area contributed by atoms with Crippen molar-refractivity contribution in [1.29, 1.82) is 0 Å². The van der Waals surface area contributed by atoms with Crippen molar-refractivity contribution in [3.63, 3.8) is 0 Å². The van der Waals surface area contributed by atoms with Crippen LogP contribution < -0.4 is 10.6 Å². The Balaban J connectivity index is 1.63. The summed E-state index contributed by atoms with van der Waals surface area (Å²) in [5.74, 6) is -0.123. The second-order valence-electron chi connectivity index (χ2n) is 6.41.